The van der Waals surface area contributed by atoms with Gasteiger partial charge in [0.1, 0.15) is 11.6 Å². The minimum atomic E-state index is -0.951. The van der Waals surface area contributed by atoms with Gasteiger partial charge < -0.3 is 20.5 Å². The fraction of sp³-hybridized carbons (Fsp3) is 0.800. The molecule has 17 heavy (non-hydrogen) atoms. The van der Waals surface area contributed by atoms with Crippen LogP contribution in [-0.4, -0.2) is 61.4 Å². The molecule has 0 spiro atoms. The van der Waals surface area contributed by atoms with E-state index in [0.717, 1.165) is 0 Å². The molecule has 4 N–H and O–H groups in total. The molecule has 2 rings (SSSR count). The molecule has 0 aromatic rings. The quantitative estimate of drug-likeness (QED) is 0.433. The number of aliphatic hydroxyl groups is 1. The van der Waals surface area contributed by atoms with Gasteiger partial charge in [0.25, 0.3) is 0 Å². The van der Waals surface area contributed by atoms with E-state index >= 15 is 0 Å². The molecule has 2 fully saturated rings. The van der Waals surface area contributed by atoms with E-state index in [9.17, 15) is 14.7 Å². The van der Waals surface area contributed by atoms with Crippen LogP contribution in [-0.2, 0) is 14.3 Å². The van der Waals surface area contributed by atoms with E-state index < -0.39 is 11.6 Å². The van der Waals surface area contributed by atoms with Crippen molar-refractivity contribution in [1.82, 2.24) is 16.0 Å². The highest BCUT2D eigenvalue weighted by atomic mass is 16.5. The van der Waals surface area contributed by atoms with Gasteiger partial charge in [-0.2, -0.15) is 0 Å². The highest BCUT2D eigenvalue weighted by Gasteiger charge is 2.33. The van der Waals surface area contributed by atoms with Crippen LogP contribution in [0, 0.1) is 0 Å². The van der Waals surface area contributed by atoms with Crippen molar-refractivity contribution >= 4 is 11.8 Å². The van der Waals surface area contributed by atoms with Gasteiger partial charge in [0, 0.05) is 26.1 Å². The molecule has 0 aromatic heterocycles. The number of rotatable bonds is 3. The van der Waals surface area contributed by atoms with Crippen LogP contribution in [0.2, 0.25) is 0 Å². The van der Waals surface area contributed by atoms with E-state index in [1.807, 2.05) is 0 Å². The minimum absolute atomic E-state index is 0.114. The van der Waals surface area contributed by atoms with Crippen molar-refractivity contribution in [3.05, 3.63) is 0 Å². The van der Waals surface area contributed by atoms with Crippen molar-refractivity contribution in [2.45, 2.75) is 18.1 Å². The first-order chi connectivity index (χ1) is 8.09. The van der Waals surface area contributed by atoms with Crippen molar-refractivity contribution in [2.75, 3.05) is 32.8 Å². The number of amides is 2. The van der Waals surface area contributed by atoms with Crippen LogP contribution in [0.4, 0.5) is 0 Å². The summed E-state index contributed by atoms with van der Waals surface area (Å²) in [6.07, 6.45) is 0.530. The first kappa shape index (κ1) is 12.3. The van der Waals surface area contributed by atoms with Crippen molar-refractivity contribution < 1.29 is 19.4 Å². The van der Waals surface area contributed by atoms with Crippen LogP contribution >= 0.6 is 0 Å². The molecule has 0 aromatic carbocycles. The molecular weight excluding hydrogens is 226 g/mol. The van der Waals surface area contributed by atoms with Crippen LogP contribution < -0.4 is 16.0 Å². The first-order valence-electron chi connectivity index (χ1n) is 5.67. The Balaban J connectivity index is 1.75. The molecule has 2 atom stereocenters. The Bertz CT molecular complexity index is 305. The van der Waals surface area contributed by atoms with E-state index in [1.54, 1.807) is 0 Å². The molecule has 2 heterocycles. The Morgan fingerprint density at radius 3 is 3.06 bits per heavy atom. The summed E-state index contributed by atoms with van der Waals surface area (Å²) in [5.74, 6) is -0.331. The summed E-state index contributed by atoms with van der Waals surface area (Å²) >= 11 is 0. The zero-order valence-electron chi connectivity index (χ0n) is 9.49. The molecule has 0 aliphatic carbocycles. The van der Waals surface area contributed by atoms with Crippen molar-refractivity contribution in [3.63, 3.8) is 0 Å². The Labute approximate surface area is 98.9 Å². The maximum atomic E-state index is 11.7. The SMILES string of the molecule is O=C1CNC(C(=O)NCC2(O)CCOC2)CN1. The standard InChI is InChI=1S/C10H17N3O4/c14-8-4-11-7(3-12-8)9(15)13-5-10(16)1-2-17-6-10/h7,11,16H,1-6H2,(H,12,14)(H,13,15). The number of carbonyl (C=O) groups is 2. The molecule has 2 unspecified atom stereocenters. The topological polar surface area (TPSA) is 99.7 Å². The summed E-state index contributed by atoms with van der Waals surface area (Å²) in [5.41, 5.74) is -0.951. The van der Waals surface area contributed by atoms with Gasteiger partial charge in [-0.3, -0.25) is 14.9 Å². The third-order valence-electron chi connectivity index (χ3n) is 3.00. The monoisotopic (exact) mass is 243 g/mol. The van der Waals surface area contributed by atoms with E-state index in [-0.39, 0.29) is 38.1 Å². The zero-order valence-corrected chi connectivity index (χ0v) is 9.49. The van der Waals surface area contributed by atoms with Crippen molar-refractivity contribution in [2.24, 2.45) is 0 Å². The minimum Gasteiger partial charge on any atom is -0.386 e. The van der Waals surface area contributed by atoms with Crippen LogP contribution in [0.15, 0.2) is 0 Å². The summed E-state index contributed by atoms with van der Waals surface area (Å²) in [5, 5.41) is 18.0. The molecule has 0 radical (unpaired) electrons. The molecule has 2 amide bonds. The summed E-state index contributed by atoms with van der Waals surface area (Å²) < 4.78 is 5.08. The van der Waals surface area contributed by atoms with Gasteiger partial charge in [-0.05, 0) is 0 Å². The summed E-state index contributed by atoms with van der Waals surface area (Å²) in [7, 11) is 0. The van der Waals surface area contributed by atoms with E-state index in [4.69, 9.17) is 4.74 Å². The lowest BCUT2D eigenvalue weighted by molar-refractivity contribution is -0.127. The predicted octanol–water partition coefficient (Wildman–Crippen LogP) is -2.66. The molecule has 2 saturated heterocycles. The molecule has 96 valence electrons. The van der Waals surface area contributed by atoms with E-state index in [0.29, 0.717) is 13.0 Å². The lowest BCUT2D eigenvalue weighted by Crippen LogP contribution is -2.59. The second-order valence-electron chi connectivity index (χ2n) is 4.48. The molecule has 7 nitrogen and oxygen atoms in total. The van der Waals surface area contributed by atoms with Crippen LogP contribution in [0.3, 0.4) is 0 Å². The van der Waals surface area contributed by atoms with Gasteiger partial charge in [-0.25, -0.2) is 0 Å². The van der Waals surface area contributed by atoms with Crippen LogP contribution in [0.5, 0.6) is 0 Å². The lowest BCUT2D eigenvalue weighted by atomic mass is 10.0. The normalized spacial score (nSPS) is 33.2. The Morgan fingerprint density at radius 2 is 2.47 bits per heavy atom. The second-order valence-corrected chi connectivity index (χ2v) is 4.48. The fourth-order valence-electron chi connectivity index (χ4n) is 1.86. The summed E-state index contributed by atoms with van der Waals surface area (Å²) in [6, 6.07) is -0.432. The Kier molecular flexibility index (Phi) is 3.60. The van der Waals surface area contributed by atoms with Gasteiger partial charge in [0.2, 0.25) is 11.8 Å². The lowest BCUT2D eigenvalue weighted by Gasteiger charge is -2.26. The first-order valence-corrected chi connectivity index (χ1v) is 5.67. The molecule has 2 aliphatic rings. The van der Waals surface area contributed by atoms with Gasteiger partial charge in [0.15, 0.2) is 0 Å². The average molecular weight is 243 g/mol. The molecule has 7 heteroatoms. The molecule has 2 aliphatic heterocycles. The van der Waals surface area contributed by atoms with Crippen molar-refractivity contribution in [1.29, 1.82) is 0 Å². The number of carbonyl (C=O) groups excluding carboxylic acids is 2. The second kappa shape index (κ2) is 4.99. The van der Waals surface area contributed by atoms with Gasteiger partial charge in [0.05, 0.1) is 13.2 Å². The zero-order chi connectivity index (χ0) is 12.3. The number of piperazine rings is 1. The third kappa shape index (κ3) is 3.15. The smallest absolute Gasteiger partial charge is 0.239 e. The number of hydrogen-bond donors (Lipinski definition) is 4. The Morgan fingerprint density at radius 1 is 1.65 bits per heavy atom. The predicted molar refractivity (Wildman–Crippen MR) is 58.2 cm³/mol. The van der Waals surface area contributed by atoms with Gasteiger partial charge >= 0.3 is 0 Å². The summed E-state index contributed by atoms with van der Waals surface area (Å²) in [6.45, 7) is 1.37. The average Bonchev–Trinajstić information content (AvgIpc) is 2.75. The third-order valence-corrected chi connectivity index (χ3v) is 3.00. The fourth-order valence-corrected chi connectivity index (χ4v) is 1.86. The highest BCUT2D eigenvalue weighted by molar-refractivity contribution is 5.86. The van der Waals surface area contributed by atoms with Gasteiger partial charge in [-0.1, -0.05) is 0 Å². The number of hydrogen-bond acceptors (Lipinski definition) is 5. The van der Waals surface area contributed by atoms with Gasteiger partial charge in [-0.15, -0.1) is 0 Å². The van der Waals surface area contributed by atoms with Crippen LogP contribution in [0.25, 0.3) is 0 Å². The molecule has 0 saturated carbocycles. The highest BCUT2D eigenvalue weighted by Crippen LogP contribution is 2.16. The molecule has 0 bridgehead atoms. The number of nitrogens with one attached hydrogen (secondary N) is 3. The summed E-state index contributed by atoms with van der Waals surface area (Å²) in [4.78, 5) is 22.6. The van der Waals surface area contributed by atoms with E-state index in [1.165, 1.54) is 0 Å². The molecular formula is C10H17N3O4. The Hall–Kier alpha value is -1.18. The maximum Gasteiger partial charge on any atom is 0.239 e. The van der Waals surface area contributed by atoms with E-state index in [2.05, 4.69) is 16.0 Å². The number of ether oxygens (including phenoxy) is 1. The van der Waals surface area contributed by atoms with Crippen molar-refractivity contribution in [3.8, 4) is 0 Å². The largest absolute Gasteiger partial charge is 0.386 e. The maximum absolute atomic E-state index is 11.7. The van der Waals surface area contributed by atoms with Crippen LogP contribution in [0.1, 0.15) is 6.42 Å².